The lowest BCUT2D eigenvalue weighted by Gasteiger charge is -2.41. The van der Waals surface area contributed by atoms with E-state index in [0.29, 0.717) is 30.1 Å². The average molecular weight is 278 g/mol. The van der Waals surface area contributed by atoms with Crippen LogP contribution in [0.4, 0.5) is 0 Å². The van der Waals surface area contributed by atoms with Gasteiger partial charge in [-0.25, -0.2) is 0 Å². The minimum absolute atomic E-state index is 0.0547. The first-order valence-corrected chi connectivity index (χ1v) is 6.37. The third kappa shape index (κ3) is 2.23. The summed E-state index contributed by atoms with van der Waals surface area (Å²) < 4.78 is 16.1. The van der Waals surface area contributed by atoms with Gasteiger partial charge in [-0.1, -0.05) is 0 Å². The van der Waals surface area contributed by atoms with Crippen molar-refractivity contribution in [3.8, 4) is 0 Å². The fourth-order valence-electron chi connectivity index (χ4n) is 2.84. The van der Waals surface area contributed by atoms with Gasteiger partial charge < -0.3 is 19.1 Å². The van der Waals surface area contributed by atoms with Gasteiger partial charge in [0.25, 0.3) is 5.91 Å². The molecule has 0 aromatic carbocycles. The van der Waals surface area contributed by atoms with Gasteiger partial charge in [0.2, 0.25) is 0 Å². The average Bonchev–Trinajstić information content (AvgIpc) is 2.69. The molecule has 2 aliphatic rings. The Morgan fingerprint density at radius 1 is 1.25 bits per heavy atom. The second kappa shape index (κ2) is 5.74. The minimum Gasteiger partial charge on any atom is -0.501 e. The summed E-state index contributed by atoms with van der Waals surface area (Å²) >= 11 is 0. The summed E-state index contributed by atoms with van der Waals surface area (Å²) in [6.07, 6.45) is 7.00. The Morgan fingerprint density at radius 3 is 2.50 bits per heavy atom. The van der Waals surface area contributed by atoms with Crippen molar-refractivity contribution in [2.24, 2.45) is 5.41 Å². The SMILES string of the molecule is CO[C]1[CH][CH][C](OC)C2([CH]1)CN(C)C(=O)/C2=C(\C)OC. The molecule has 1 unspecified atom stereocenters. The molecule has 0 aromatic rings. The number of hydrogen-bond donors (Lipinski definition) is 0. The third-order valence-corrected chi connectivity index (χ3v) is 3.83. The number of likely N-dealkylation sites (tertiary alicyclic amines) is 1. The van der Waals surface area contributed by atoms with Crippen LogP contribution >= 0.6 is 0 Å². The Morgan fingerprint density at radius 2 is 1.95 bits per heavy atom. The van der Waals surface area contributed by atoms with Gasteiger partial charge in [-0.15, -0.1) is 0 Å². The molecule has 109 valence electrons. The Bertz CT molecular complexity index is 420. The summed E-state index contributed by atoms with van der Waals surface area (Å²) in [5, 5.41) is 0. The van der Waals surface area contributed by atoms with Crippen LogP contribution in [0.25, 0.3) is 0 Å². The minimum atomic E-state index is -0.652. The standard InChI is InChI=1S/C15H20NO4/c1-10(18-3)13-14(17)16(2)9-15(13)8-11(19-4)6-7-12(15)20-5/h6-8H,9H2,1-5H3/b13-10-. The van der Waals surface area contributed by atoms with Crippen molar-refractivity contribution in [3.63, 3.8) is 0 Å². The van der Waals surface area contributed by atoms with Crippen molar-refractivity contribution in [2.75, 3.05) is 34.9 Å². The van der Waals surface area contributed by atoms with Crippen LogP contribution in [0.2, 0.25) is 0 Å². The van der Waals surface area contributed by atoms with Gasteiger partial charge in [0, 0.05) is 47.1 Å². The fourth-order valence-corrected chi connectivity index (χ4v) is 2.84. The molecule has 0 aromatic heterocycles. The molecular formula is C15H20NO4. The molecule has 1 saturated heterocycles. The number of methoxy groups -OCH3 is 3. The van der Waals surface area contributed by atoms with Crippen molar-refractivity contribution < 1.29 is 19.0 Å². The van der Waals surface area contributed by atoms with Crippen molar-refractivity contribution in [2.45, 2.75) is 6.92 Å². The van der Waals surface area contributed by atoms with E-state index in [2.05, 4.69) is 0 Å². The summed E-state index contributed by atoms with van der Waals surface area (Å²) in [6, 6.07) is 0. The van der Waals surface area contributed by atoms with Crippen molar-refractivity contribution in [3.05, 3.63) is 42.8 Å². The summed E-state index contributed by atoms with van der Waals surface area (Å²) in [5.41, 5.74) is -0.0564. The number of carbonyl (C=O) groups excluding carboxylic acids is 1. The number of hydrogen-bond acceptors (Lipinski definition) is 4. The predicted molar refractivity (Wildman–Crippen MR) is 73.2 cm³/mol. The molecular weight excluding hydrogens is 258 g/mol. The third-order valence-electron chi connectivity index (χ3n) is 3.83. The maximum atomic E-state index is 12.5. The molecule has 1 amide bonds. The Balaban J connectivity index is 2.49. The Hall–Kier alpha value is -1.07. The zero-order chi connectivity index (χ0) is 14.9. The monoisotopic (exact) mass is 278 g/mol. The zero-order valence-corrected chi connectivity index (χ0v) is 12.5. The van der Waals surface area contributed by atoms with Crippen LogP contribution in [0.1, 0.15) is 6.92 Å². The van der Waals surface area contributed by atoms with Crippen LogP contribution in [-0.4, -0.2) is 45.7 Å². The molecule has 1 saturated carbocycles. The van der Waals surface area contributed by atoms with Crippen LogP contribution in [0.15, 0.2) is 11.3 Å². The quantitative estimate of drug-likeness (QED) is 0.577. The molecule has 20 heavy (non-hydrogen) atoms. The lowest BCUT2D eigenvalue weighted by atomic mass is 9.67. The molecule has 1 aliphatic heterocycles. The molecule has 2 fully saturated rings. The summed E-state index contributed by atoms with van der Waals surface area (Å²) in [4.78, 5) is 14.1. The number of carbonyl (C=O) groups is 1. The Labute approximate surface area is 120 Å². The van der Waals surface area contributed by atoms with Gasteiger partial charge in [-0.3, -0.25) is 4.79 Å². The largest absolute Gasteiger partial charge is 0.501 e. The molecule has 0 N–H and O–H groups in total. The lowest BCUT2D eigenvalue weighted by Crippen LogP contribution is -2.41. The van der Waals surface area contributed by atoms with E-state index in [1.54, 1.807) is 40.2 Å². The van der Waals surface area contributed by atoms with E-state index in [0.717, 1.165) is 0 Å². The molecule has 5 radical (unpaired) electrons. The highest BCUT2D eigenvalue weighted by atomic mass is 16.5. The van der Waals surface area contributed by atoms with Gasteiger partial charge >= 0.3 is 0 Å². The van der Waals surface area contributed by atoms with E-state index < -0.39 is 5.41 Å². The number of likely N-dealkylation sites (N-methyl/N-ethyl adjacent to an activating group) is 1. The topological polar surface area (TPSA) is 48.0 Å². The van der Waals surface area contributed by atoms with Gasteiger partial charge in [-0.2, -0.15) is 0 Å². The fraction of sp³-hybridized carbons (Fsp3) is 0.467. The van der Waals surface area contributed by atoms with Gasteiger partial charge in [0.15, 0.2) is 0 Å². The maximum Gasteiger partial charge on any atom is 0.253 e. The first-order chi connectivity index (χ1) is 9.50. The number of ether oxygens (including phenoxy) is 3. The smallest absolute Gasteiger partial charge is 0.253 e. The number of amides is 1. The molecule has 1 atom stereocenters. The van der Waals surface area contributed by atoms with Crippen LogP contribution < -0.4 is 0 Å². The highest BCUT2D eigenvalue weighted by Gasteiger charge is 2.57. The van der Waals surface area contributed by atoms with Crippen LogP contribution in [0.5, 0.6) is 0 Å². The molecule has 1 spiro atoms. The van der Waals surface area contributed by atoms with Crippen molar-refractivity contribution in [1.29, 1.82) is 0 Å². The van der Waals surface area contributed by atoms with E-state index in [4.69, 9.17) is 14.2 Å². The zero-order valence-electron chi connectivity index (χ0n) is 12.5. The van der Waals surface area contributed by atoms with E-state index in [9.17, 15) is 4.79 Å². The van der Waals surface area contributed by atoms with E-state index >= 15 is 0 Å². The first kappa shape index (κ1) is 15.3. The summed E-state index contributed by atoms with van der Waals surface area (Å²) in [6.45, 7) is 2.29. The van der Waals surface area contributed by atoms with E-state index in [-0.39, 0.29) is 5.91 Å². The molecule has 1 aliphatic carbocycles. The number of nitrogens with zero attached hydrogens (tertiary/aromatic N) is 1. The maximum absolute atomic E-state index is 12.5. The highest BCUT2D eigenvalue weighted by molar-refractivity contribution is 5.99. The van der Waals surface area contributed by atoms with Crippen LogP contribution in [0.3, 0.4) is 0 Å². The molecule has 0 bridgehead atoms. The predicted octanol–water partition coefficient (Wildman–Crippen LogP) is 1.35. The Kier molecular flexibility index (Phi) is 4.39. The lowest BCUT2D eigenvalue weighted by molar-refractivity contribution is -0.123. The van der Waals surface area contributed by atoms with Crippen molar-refractivity contribution >= 4 is 5.91 Å². The molecule has 1 heterocycles. The number of rotatable bonds is 3. The van der Waals surface area contributed by atoms with Crippen molar-refractivity contribution in [1.82, 2.24) is 4.90 Å². The van der Waals surface area contributed by atoms with Gasteiger partial charge in [-0.05, 0) is 6.92 Å². The normalized spacial score (nSPS) is 31.2. The molecule has 5 heteroatoms. The van der Waals surface area contributed by atoms with E-state index in [1.807, 2.05) is 19.3 Å². The molecule has 5 nitrogen and oxygen atoms in total. The highest BCUT2D eigenvalue weighted by Crippen LogP contribution is 2.54. The molecule has 2 rings (SSSR count). The number of allylic oxidation sites excluding steroid dienone is 1. The summed E-state index contributed by atoms with van der Waals surface area (Å²) in [7, 11) is 6.55. The second-order valence-electron chi connectivity index (χ2n) is 4.92. The second-order valence-corrected chi connectivity index (χ2v) is 4.92. The van der Waals surface area contributed by atoms with Crippen LogP contribution in [0, 0.1) is 36.9 Å². The van der Waals surface area contributed by atoms with Gasteiger partial charge in [0.1, 0.15) is 18.0 Å². The summed E-state index contributed by atoms with van der Waals surface area (Å²) in [5.74, 6) is 0.539. The van der Waals surface area contributed by atoms with E-state index in [1.165, 1.54) is 0 Å². The first-order valence-electron chi connectivity index (χ1n) is 6.37. The van der Waals surface area contributed by atoms with Crippen LogP contribution in [-0.2, 0) is 19.0 Å². The van der Waals surface area contributed by atoms with Gasteiger partial charge in [0.05, 0.1) is 18.1 Å².